The maximum Gasteiger partial charge on any atom is 0.144 e. The molecule has 1 nitrogen and oxygen atoms in total. The summed E-state index contributed by atoms with van der Waals surface area (Å²) in [5.41, 5.74) is -0.340. The van der Waals surface area contributed by atoms with Crippen molar-refractivity contribution in [2.75, 3.05) is 18.1 Å². The first kappa shape index (κ1) is 24.6. The summed E-state index contributed by atoms with van der Waals surface area (Å²) in [5, 5.41) is 0. The predicted molar refractivity (Wildman–Crippen MR) is 117 cm³/mol. The third-order valence-corrected chi connectivity index (χ3v) is 5.59. The Hall–Kier alpha value is -0.390. The molecule has 0 fully saturated rings. The lowest BCUT2D eigenvalue weighted by molar-refractivity contribution is 0.463. The van der Waals surface area contributed by atoms with Gasteiger partial charge in [-0.05, 0) is 18.6 Å². The molecule has 0 amide bonds. The third-order valence-electron chi connectivity index (χ3n) is 4.12. The molecular weight excluding hydrogens is 484 g/mol. The average molecular weight is 512 g/mol. The van der Waals surface area contributed by atoms with Gasteiger partial charge in [0.05, 0.1) is 12.2 Å². The number of hydrogen-bond donors (Lipinski definition) is 0. The smallest absolute Gasteiger partial charge is 0.144 e. The molecule has 1 aromatic rings. The minimum atomic E-state index is -0.937. The molecule has 0 saturated carbocycles. The molecule has 0 aliphatic rings. The SMILES string of the molecule is Fc1cc(F)c(C#CCCCCCCCCCCCSCCOI)c(F)c1. The normalized spacial score (nSPS) is 10.7. The topological polar surface area (TPSA) is 9.23 Å². The van der Waals surface area contributed by atoms with Crippen LogP contribution in [-0.2, 0) is 3.07 Å². The summed E-state index contributed by atoms with van der Waals surface area (Å²) in [6.45, 7) is 0.830. The largest absolute Gasteiger partial charge is 0.315 e. The van der Waals surface area contributed by atoms with Crippen LogP contribution in [0.3, 0.4) is 0 Å². The number of unbranched alkanes of at least 4 members (excludes halogenated alkanes) is 9. The first-order chi connectivity index (χ1) is 13.1. The van der Waals surface area contributed by atoms with Gasteiger partial charge in [0, 0.05) is 24.3 Å². The molecule has 0 heterocycles. The second-order valence-corrected chi connectivity index (χ2v) is 8.25. The van der Waals surface area contributed by atoms with Gasteiger partial charge in [0.25, 0.3) is 0 Å². The number of benzene rings is 1. The van der Waals surface area contributed by atoms with Gasteiger partial charge in [-0.25, -0.2) is 13.2 Å². The fraction of sp³-hybridized carbons (Fsp3) is 0.619. The van der Waals surface area contributed by atoms with Gasteiger partial charge in [-0.15, -0.1) is 0 Å². The monoisotopic (exact) mass is 512 g/mol. The van der Waals surface area contributed by atoms with Crippen LogP contribution in [0.15, 0.2) is 12.1 Å². The molecule has 0 radical (unpaired) electrons. The minimum Gasteiger partial charge on any atom is -0.315 e. The van der Waals surface area contributed by atoms with Crippen LogP contribution >= 0.6 is 34.8 Å². The maximum atomic E-state index is 13.4. The van der Waals surface area contributed by atoms with Gasteiger partial charge in [0.2, 0.25) is 0 Å². The molecule has 0 saturated heterocycles. The minimum absolute atomic E-state index is 0.340. The van der Waals surface area contributed by atoms with E-state index in [9.17, 15) is 13.2 Å². The van der Waals surface area contributed by atoms with Gasteiger partial charge in [-0.2, -0.15) is 11.8 Å². The van der Waals surface area contributed by atoms with E-state index in [-0.39, 0.29) is 5.56 Å². The van der Waals surface area contributed by atoms with Gasteiger partial charge in [0.15, 0.2) is 0 Å². The Kier molecular flexibility index (Phi) is 15.1. The standard InChI is InChI=1S/C21H28F3IOS/c22-18-16-20(23)19(21(24)17-18)12-10-8-6-4-2-1-3-5-7-9-11-14-27-15-13-26-25/h16-17H,1-9,11,13-15H2. The Labute approximate surface area is 179 Å². The highest BCUT2D eigenvalue weighted by atomic mass is 127. The van der Waals surface area contributed by atoms with Crippen molar-refractivity contribution in [2.24, 2.45) is 0 Å². The average Bonchev–Trinajstić information content (AvgIpc) is 2.63. The first-order valence-corrected chi connectivity index (χ1v) is 11.6. The summed E-state index contributed by atoms with van der Waals surface area (Å²) in [4.78, 5) is 0. The molecule has 0 aliphatic heterocycles. The van der Waals surface area contributed by atoms with Crippen molar-refractivity contribution >= 4 is 34.8 Å². The quantitative estimate of drug-likeness (QED) is 0.145. The van der Waals surface area contributed by atoms with Gasteiger partial charge >= 0.3 is 0 Å². The van der Waals surface area contributed by atoms with E-state index in [1.54, 1.807) is 0 Å². The van der Waals surface area contributed by atoms with Crippen LogP contribution in [0.2, 0.25) is 0 Å². The molecule has 0 aliphatic carbocycles. The summed E-state index contributed by atoms with van der Waals surface area (Å²) >= 11 is 3.89. The molecule has 27 heavy (non-hydrogen) atoms. The Bertz CT molecular complexity index is 564. The first-order valence-electron chi connectivity index (χ1n) is 9.60. The van der Waals surface area contributed by atoms with Crippen LogP contribution in [0.5, 0.6) is 0 Å². The molecule has 152 valence electrons. The molecule has 0 N–H and O–H groups in total. The summed E-state index contributed by atoms with van der Waals surface area (Å²) in [6, 6.07) is 1.32. The lowest BCUT2D eigenvalue weighted by Gasteiger charge is -2.02. The Balaban J connectivity index is 1.94. The molecule has 1 rings (SSSR count). The molecule has 1 aromatic carbocycles. The lowest BCUT2D eigenvalue weighted by Crippen LogP contribution is -1.92. The van der Waals surface area contributed by atoms with Crippen molar-refractivity contribution in [3.63, 3.8) is 0 Å². The van der Waals surface area contributed by atoms with Crippen molar-refractivity contribution in [1.29, 1.82) is 0 Å². The predicted octanol–water partition coefficient (Wildman–Crippen LogP) is 7.46. The van der Waals surface area contributed by atoms with Crippen LogP contribution < -0.4 is 0 Å². The fourth-order valence-electron chi connectivity index (χ4n) is 2.66. The highest BCUT2D eigenvalue weighted by Crippen LogP contribution is 2.14. The maximum absolute atomic E-state index is 13.4. The van der Waals surface area contributed by atoms with Gasteiger partial charge in [-0.1, -0.05) is 56.8 Å². The van der Waals surface area contributed by atoms with Crippen molar-refractivity contribution in [2.45, 2.75) is 64.2 Å². The van der Waals surface area contributed by atoms with Gasteiger partial charge in [-0.3, -0.25) is 0 Å². The van der Waals surface area contributed by atoms with E-state index < -0.39 is 17.5 Å². The van der Waals surface area contributed by atoms with Gasteiger partial charge < -0.3 is 3.07 Å². The summed E-state index contributed by atoms with van der Waals surface area (Å²) in [6.07, 6.45) is 11.5. The van der Waals surface area contributed by atoms with Crippen LogP contribution in [0, 0.1) is 29.3 Å². The zero-order valence-corrected chi connectivity index (χ0v) is 18.6. The summed E-state index contributed by atoms with van der Waals surface area (Å²) < 4.78 is 44.6. The molecule has 0 unspecified atom stereocenters. The van der Waals surface area contributed by atoms with E-state index in [0.29, 0.717) is 18.6 Å². The molecular formula is C21H28F3IOS. The van der Waals surface area contributed by atoms with Crippen LogP contribution in [0.4, 0.5) is 13.2 Å². The van der Waals surface area contributed by atoms with Crippen LogP contribution in [-0.4, -0.2) is 18.1 Å². The second-order valence-electron chi connectivity index (χ2n) is 6.40. The molecule has 6 heteroatoms. The summed E-state index contributed by atoms with van der Waals surface area (Å²) in [5.74, 6) is 4.78. The van der Waals surface area contributed by atoms with E-state index in [2.05, 4.69) is 11.8 Å². The fourth-order valence-corrected chi connectivity index (χ4v) is 3.99. The third kappa shape index (κ3) is 12.6. The Morgan fingerprint density at radius 1 is 0.815 bits per heavy atom. The van der Waals surface area contributed by atoms with Crippen molar-refractivity contribution in [3.05, 3.63) is 35.1 Å². The van der Waals surface area contributed by atoms with E-state index in [1.165, 1.54) is 50.7 Å². The van der Waals surface area contributed by atoms with Crippen molar-refractivity contribution in [3.8, 4) is 11.8 Å². The molecule has 0 aromatic heterocycles. The molecule has 0 atom stereocenters. The molecule has 0 spiro atoms. The highest BCUT2D eigenvalue weighted by Gasteiger charge is 2.08. The van der Waals surface area contributed by atoms with E-state index >= 15 is 0 Å². The second kappa shape index (κ2) is 16.6. The van der Waals surface area contributed by atoms with Crippen molar-refractivity contribution < 1.29 is 16.2 Å². The van der Waals surface area contributed by atoms with Crippen LogP contribution in [0.25, 0.3) is 0 Å². The molecule has 0 bridgehead atoms. The highest BCUT2D eigenvalue weighted by molar-refractivity contribution is 14.1. The van der Waals surface area contributed by atoms with Crippen LogP contribution in [0.1, 0.15) is 69.8 Å². The van der Waals surface area contributed by atoms with Crippen molar-refractivity contribution in [1.82, 2.24) is 0 Å². The summed E-state index contributed by atoms with van der Waals surface area (Å²) in [7, 11) is 0. The van der Waals surface area contributed by atoms with E-state index in [4.69, 9.17) is 3.07 Å². The number of rotatable bonds is 14. The van der Waals surface area contributed by atoms with E-state index in [1.807, 2.05) is 34.8 Å². The van der Waals surface area contributed by atoms with E-state index in [0.717, 1.165) is 25.2 Å². The lowest BCUT2D eigenvalue weighted by atomic mass is 10.1. The zero-order valence-electron chi connectivity index (χ0n) is 15.7. The Morgan fingerprint density at radius 2 is 1.37 bits per heavy atom. The van der Waals surface area contributed by atoms with Gasteiger partial charge in [0.1, 0.15) is 40.5 Å². The number of hydrogen-bond acceptors (Lipinski definition) is 2. The zero-order chi connectivity index (χ0) is 19.7. The number of thioether (sulfide) groups is 1. The number of halogens is 4. The Morgan fingerprint density at radius 3 is 1.96 bits per heavy atom.